The minimum atomic E-state index is -5.27. The highest BCUT2D eigenvalue weighted by molar-refractivity contribution is 5.81. The van der Waals surface area contributed by atoms with Crippen LogP contribution in [0.4, 0.5) is 30.7 Å². The molecule has 0 saturated carbocycles. The molecular formula is C39H41F7O8. The van der Waals surface area contributed by atoms with Crippen molar-refractivity contribution >= 4 is 11.9 Å². The minimum absolute atomic E-state index is 0.158. The standard InChI is InChI=1S/C39H41F7O8/c1-3-35(47)51-25-11-7-5-9-23-49-30-17-13-28(14-18-30)38(43,44)53-32-21-22-34(33(27-32)37(40,41)42)54-39(45,46)29-15-19-31(20-16-29)50-24-10-6-8-12-26-52-36(48)4-2/h3-4,13-22,27H,1-2,5-12,23-26H2. The highest BCUT2D eigenvalue weighted by Gasteiger charge is 2.42. The van der Waals surface area contributed by atoms with Crippen molar-refractivity contribution in [2.24, 2.45) is 0 Å². The molecule has 0 aliphatic heterocycles. The average molecular weight is 771 g/mol. The van der Waals surface area contributed by atoms with Gasteiger partial charge in [-0.1, -0.05) is 13.2 Å². The molecule has 294 valence electrons. The lowest BCUT2D eigenvalue weighted by Gasteiger charge is -2.23. The second-order valence-corrected chi connectivity index (χ2v) is 11.7. The molecule has 0 unspecified atom stereocenters. The largest absolute Gasteiger partial charge is 0.494 e. The van der Waals surface area contributed by atoms with E-state index in [9.17, 15) is 31.5 Å². The molecule has 0 aromatic heterocycles. The Hall–Kier alpha value is -5.21. The van der Waals surface area contributed by atoms with Gasteiger partial charge in [-0.15, -0.1) is 0 Å². The summed E-state index contributed by atoms with van der Waals surface area (Å²) in [4.78, 5) is 22.0. The number of hydrogen-bond acceptors (Lipinski definition) is 8. The lowest BCUT2D eigenvalue weighted by Crippen LogP contribution is -2.24. The third kappa shape index (κ3) is 14.7. The van der Waals surface area contributed by atoms with Crippen LogP contribution in [0.5, 0.6) is 23.0 Å². The molecule has 0 atom stereocenters. The van der Waals surface area contributed by atoms with Crippen LogP contribution in [0.3, 0.4) is 0 Å². The second-order valence-electron chi connectivity index (χ2n) is 11.7. The van der Waals surface area contributed by atoms with E-state index in [0.717, 1.165) is 62.1 Å². The Morgan fingerprint density at radius 2 is 0.907 bits per heavy atom. The fourth-order valence-electron chi connectivity index (χ4n) is 4.74. The Kier molecular flexibility index (Phi) is 16.7. The molecule has 8 nitrogen and oxygen atoms in total. The van der Waals surface area contributed by atoms with E-state index in [0.29, 0.717) is 37.8 Å². The third-order valence-electron chi connectivity index (χ3n) is 7.56. The summed E-state index contributed by atoms with van der Waals surface area (Å²) in [5.41, 5.74) is -3.23. The molecule has 0 aliphatic rings. The molecule has 0 amide bonds. The number of ether oxygens (including phenoxy) is 6. The average Bonchev–Trinajstić information content (AvgIpc) is 3.13. The maximum atomic E-state index is 15.0. The van der Waals surface area contributed by atoms with E-state index in [-0.39, 0.29) is 44.0 Å². The molecule has 0 fully saturated rings. The SMILES string of the molecule is C=CC(=O)OCCCCCCOc1ccc(C(F)(F)Oc2ccc(OC(F)(F)c3ccc(OCCCCCCOC(=O)C=C)cc3)c(C(F)(F)F)c2)cc1. The number of hydrogen-bond donors (Lipinski definition) is 0. The molecule has 3 rings (SSSR count). The van der Waals surface area contributed by atoms with Crippen molar-refractivity contribution in [1.82, 2.24) is 0 Å². The predicted molar refractivity (Wildman–Crippen MR) is 184 cm³/mol. The lowest BCUT2D eigenvalue weighted by molar-refractivity contribution is -0.193. The van der Waals surface area contributed by atoms with Crippen molar-refractivity contribution in [3.8, 4) is 23.0 Å². The van der Waals surface area contributed by atoms with Crippen LogP contribution in [-0.4, -0.2) is 38.4 Å². The first-order valence-corrected chi connectivity index (χ1v) is 17.0. The second kappa shape index (κ2) is 20.9. The van der Waals surface area contributed by atoms with Crippen LogP contribution in [0.15, 0.2) is 92.0 Å². The molecule has 0 aliphatic carbocycles. The van der Waals surface area contributed by atoms with Crippen LogP contribution in [-0.2, 0) is 37.5 Å². The normalized spacial score (nSPS) is 11.7. The summed E-state index contributed by atoms with van der Waals surface area (Å²) >= 11 is 0. The van der Waals surface area contributed by atoms with E-state index < -0.39 is 58.5 Å². The summed E-state index contributed by atoms with van der Waals surface area (Å²) in [5.74, 6) is -2.74. The highest BCUT2D eigenvalue weighted by atomic mass is 19.4. The molecule has 54 heavy (non-hydrogen) atoms. The monoisotopic (exact) mass is 770 g/mol. The first-order valence-electron chi connectivity index (χ1n) is 17.0. The maximum Gasteiger partial charge on any atom is 0.426 e. The topological polar surface area (TPSA) is 89.5 Å². The minimum Gasteiger partial charge on any atom is -0.494 e. The Morgan fingerprint density at radius 3 is 1.31 bits per heavy atom. The molecule has 0 bridgehead atoms. The van der Waals surface area contributed by atoms with E-state index in [1.54, 1.807) is 0 Å². The van der Waals surface area contributed by atoms with Gasteiger partial charge in [-0.2, -0.15) is 30.7 Å². The molecule has 3 aromatic rings. The molecule has 15 heteroatoms. The number of rotatable bonds is 24. The predicted octanol–water partition coefficient (Wildman–Crippen LogP) is 10.3. The van der Waals surface area contributed by atoms with Crippen LogP contribution in [0, 0.1) is 0 Å². The van der Waals surface area contributed by atoms with Crippen molar-refractivity contribution in [3.05, 3.63) is 109 Å². The van der Waals surface area contributed by atoms with Crippen LogP contribution in [0.1, 0.15) is 68.1 Å². The fraction of sp³-hybridized carbons (Fsp3) is 0.385. The fourth-order valence-corrected chi connectivity index (χ4v) is 4.74. The zero-order valence-corrected chi connectivity index (χ0v) is 29.3. The quantitative estimate of drug-likeness (QED) is 0.0385. The molecule has 0 heterocycles. The Labute approximate surface area is 308 Å². The summed E-state index contributed by atoms with van der Waals surface area (Å²) in [5, 5.41) is 0. The van der Waals surface area contributed by atoms with Gasteiger partial charge in [0, 0.05) is 12.2 Å². The van der Waals surface area contributed by atoms with E-state index in [2.05, 4.69) is 22.6 Å². The van der Waals surface area contributed by atoms with Crippen molar-refractivity contribution < 1.29 is 68.7 Å². The van der Waals surface area contributed by atoms with Gasteiger partial charge >= 0.3 is 30.3 Å². The third-order valence-corrected chi connectivity index (χ3v) is 7.56. The highest BCUT2D eigenvalue weighted by Crippen LogP contribution is 2.43. The molecule has 0 spiro atoms. The summed E-state index contributed by atoms with van der Waals surface area (Å²) in [7, 11) is 0. The summed E-state index contributed by atoms with van der Waals surface area (Å²) in [6.07, 6.45) is -5.83. The van der Waals surface area contributed by atoms with Gasteiger partial charge in [-0.05, 0) is 118 Å². The van der Waals surface area contributed by atoms with Crippen LogP contribution < -0.4 is 18.9 Å². The molecule has 0 radical (unpaired) electrons. The number of benzene rings is 3. The van der Waals surface area contributed by atoms with Crippen molar-refractivity contribution in [3.63, 3.8) is 0 Å². The number of halogens is 7. The van der Waals surface area contributed by atoms with Gasteiger partial charge in [-0.3, -0.25) is 0 Å². The van der Waals surface area contributed by atoms with E-state index in [1.165, 1.54) is 24.3 Å². The van der Waals surface area contributed by atoms with Gasteiger partial charge in [0.05, 0.1) is 37.6 Å². The maximum absolute atomic E-state index is 15.0. The van der Waals surface area contributed by atoms with Crippen molar-refractivity contribution in [2.75, 3.05) is 26.4 Å². The van der Waals surface area contributed by atoms with Gasteiger partial charge < -0.3 is 28.4 Å². The van der Waals surface area contributed by atoms with Crippen LogP contribution in [0.2, 0.25) is 0 Å². The molecule has 0 saturated heterocycles. The number of carbonyl (C=O) groups excluding carboxylic acids is 2. The van der Waals surface area contributed by atoms with Gasteiger partial charge in [0.1, 0.15) is 28.6 Å². The van der Waals surface area contributed by atoms with Crippen molar-refractivity contribution in [1.29, 1.82) is 0 Å². The van der Waals surface area contributed by atoms with Crippen molar-refractivity contribution in [2.45, 2.75) is 69.8 Å². The zero-order chi connectivity index (χ0) is 39.6. The van der Waals surface area contributed by atoms with Gasteiger partial charge in [-0.25, -0.2) is 9.59 Å². The Bertz CT molecular complexity index is 1640. The first-order chi connectivity index (χ1) is 25.6. The first kappa shape index (κ1) is 43.2. The smallest absolute Gasteiger partial charge is 0.426 e. The summed E-state index contributed by atoms with van der Waals surface area (Å²) in [6.45, 7) is 7.69. The molecule has 0 N–H and O–H groups in total. The lowest BCUT2D eigenvalue weighted by atomic mass is 10.1. The van der Waals surface area contributed by atoms with Gasteiger partial charge in [0.25, 0.3) is 0 Å². The van der Waals surface area contributed by atoms with Crippen LogP contribution >= 0.6 is 0 Å². The van der Waals surface area contributed by atoms with E-state index in [1.807, 2.05) is 0 Å². The molecular weight excluding hydrogens is 729 g/mol. The van der Waals surface area contributed by atoms with Gasteiger partial charge in [0.15, 0.2) is 0 Å². The molecule has 3 aromatic carbocycles. The van der Waals surface area contributed by atoms with E-state index in [4.69, 9.17) is 18.9 Å². The van der Waals surface area contributed by atoms with E-state index >= 15 is 8.78 Å². The number of esters is 2. The Morgan fingerprint density at radius 1 is 0.519 bits per heavy atom. The van der Waals surface area contributed by atoms with Gasteiger partial charge in [0.2, 0.25) is 0 Å². The summed E-state index contributed by atoms with van der Waals surface area (Å²) in [6, 6.07) is 10.0. The number of alkyl halides is 7. The van der Waals surface area contributed by atoms with Crippen LogP contribution in [0.25, 0.3) is 0 Å². The number of unbranched alkanes of at least 4 members (excludes halogenated alkanes) is 6. The zero-order valence-electron chi connectivity index (χ0n) is 29.3. The Balaban J connectivity index is 1.53. The summed E-state index contributed by atoms with van der Waals surface area (Å²) < 4.78 is 132. The number of carbonyl (C=O) groups is 2.